The number of carbonyl (C=O) groups excluding carboxylic acids is 1. The maximum atomic E-state index is 12.9. The largest absolute Gasteiger partial charge is 0.416 e. The lowest BCUT2D eigenvalue weighted by Crippen LogP contribution is -2.32. The van der Waals surface area contributed by atoms with Crippen molar-refractivity contribution < 1.29 is 22.5 Å². The second kappa shape index (κ2) is 8.14. The summed E-state index contributed by atoms with van der Waals surface area (Å²) >= 11 is 1.31. The molecule has 0 fully saturated rings. The Morgan fingerprint density at radius 3 is 2.71 bits per heavy atom. The van der Waals surface area contributed by atoms with Gasteiger partial charge in [-0.3, -0.25) is 4.79 Å². The number of hydrogen-bond donors (Lipinski definition) is 1. The number of alkyl halides is 3. The molecule has 0 spiro atoms. The van der Waals surface area contributed by atoms with Crippen LogP contribution in [0.2, 0.25) is 0 Å². The van der Waals surface area contributed by atoms with E-state index in [9.17, 15) is 18.0 Å². The van der Waals surface area contributed by atoms with E-state index < -0.39 is 17.8 Å². The minimum atomic E-state index is -4.46. The van der Waals surface area contributed by atoms with Gasteiger partial charge in [0, 0.05) is 5.56 Å². The molecule has 0 aliphatic carbocycles. The molecule has 0 bridgehead atoms. The van der Waals surface area contributed by atoms with Crippen LogP contribution in [0.5, 0.6) is 0 Å². The van der Waals surface area contributed by atoms with Gasteiger partial charge < -0.3 is 9.84 Å². The number of rotatable bonds is 6. The van der Waals surface area contributed by atoms with Crippen molar-refractivity contribution in [3.8, 4) is 11.4 Å². The molecular weight excluding hydrogens is 391 g/mol. The van der Waals surface area contributed by atoms with Crippen molar-refractivity contribution in [2.45, 2.75) is 32.5 Å². The van der Waals surface area contributed by atoms with Gasteiger partial charge in [-0.05, 0) is 29.5 Å². The highest BCUT2D eigenvalue weighted by atomic mass is 32.1. The third-order valence-corrected chi connectivity index (χ3v) is 5.27. The average Bonchev–Trinajstić information content (AvgIpc) is 3.36. The van der Waals surface area contributed by atoms with Crippen LogP contribution >= 0.6 is 11.3 Å². The van der Waals surface area contributed by atoms with Crippen LogP contribution in [0, 0.1) is 5.92 Å². The molecule has 1 amide bonds. The van der Waals surface area contributed by atoms with Gasteiger partial charge in [0.2, 0.25) is 11.7 Å². The van der Waals surface area contributed by atoms with Crippen molar-refractivity contribution in [3.63, 3.8) is 0 Å². The highest BCUT2D eigenvalue weighted by Gasteiger charge is 2.31. The highest BCUT2D eigenvalue weighted by molar-refractivity contribution is 7.12. The SMILES string of the molecule is CC[C@@H](C)[C@H](NC(=O)c1cccs1)c1nc(-c2cccc(C(F)(F)F)c2)no1. The maximum Gasteiger partial charge on any atom is 0.416 e. The third-order valence-electron chi connectivity index (χ3n) is 4.40. The number of halogens is 3. The van der Waals surface area contributed by atoms with Crippen molar-refractivity contribution in [1.29, 1.82) is 0 Å². The number of amides is 1. The monoisotopic (exact) mass is 409 g/mol. The molecule has 0 saturated carbocycles. The molecule has 2 heterocycles. The van der Waals surface area contributed by atoms with E-state index in [0.29, 0.717) is 4.88 Å². The fourth-order valence-electron chi connectivity index (χ4n) is 2.62. The summed E-state index contributed by atoms with van der Waals surface area (Å²) < 4.78 is 44.1. The number of hydrogen-bond acceptors (Lipinski definition) is 5. The van der Waals surface area contributed by atoms with Crippen LogP contribution in [0.25, 0.3) is 11.4 Å². The van der Waals surface area contributed by atoms with E-state index in [4.69, 9.17) is 4.52 Å². The molecule has 0 radical (unpaired) electrons. The standard InChI is InChI=1S/C19H18F3N3O2S/c1-3-11(2)15(23-17(26)14-8-5-9-28-14)18-24-16(25-27-18)12-6-4-7-13(10-12)19(20,21)22/h4-11,15H,3H2,1-2H3,(H,23,26)/t11-,15+/m1/s1. The molecule has 0 unspecified atom stereocenters. The Bertz CT molecular complexity index is 938. The number of nitrogens with zero attached hydrogens (tertiary/aromatic N) is 2. The normalized spacial score (nSPS) is 13.9. The van der Waals surface area contributed by atoms with E-state index in [2.05, 4.69) is 15.5 Å². The quantitative estimate of drug-likeness (QED) is 0.597. The lowest BCUT2D eigenvalue weighted by Gasteiger charge is -2.20. The molecule has 148 valence electrons. The van der Waals surface area contributed by atoms with Crippen molar-refractivity contribution in [1.82, 2.24) is 15.5 Å². The van der Waals surface area contributed by atoms with Crippen LogP contribution in [0.3, 0.4) is 0 Å². The van der Waals surface area contributed by atoms with Gasteiger partial charge in [-0.15, -0.1) is 11.3 Å². The van der Waals surface area contributed by atoms with Crippen LogP contribution in [0.15, 0.2) is 46.3 Å². The van der Waals surface area contributed by atoms with E-state index in [-0.39, 0.29) is 29.1 Å². The summed E-state index contributed by atoms with van der Waals surface area (Å²) in [7, 11) is 0. The lowest BCUT2D eigenvalue weighted by molar-refractivity contribution is -0.137. The van der Waals surface area contributed by atoms with E-state index in [1.165, 1.54) is 23.5 Å². The summed E-state index contributed by atoms with van der Waals surface area (Å²) in [4.78, 5) is 17.2. The number of carbonyl (C=O) groups is 1. The third kappa shape index (κ3) is 4.41. The van der Waals surface area contributed by atoms with Gasteiger partial charge in [-0.25, -0.2) is 0 Å². The molecule has 1 N–H and O–H groups in total. The average molecular weight is 409 g/mol. The summed E-state index contributed by atoms with van der Waals surface area (Å²) in [6.45, 7) is 3.88. The molecule has 0 aliphatic rings. The summed E-state index contributed by atoms with van der Waals surface area (Å²) in [6, 6.07) is 7.65. The van der Waals surface area contributed by atoms with E-state index in [1.807, 2.05) is 13.8 Å². The van der Waals surface area contributed by atoms with Crippen LogP contribution in [0.4, 0.5) is 13.2 Å². The first-order chi connectivity index (χ1) is 13.3. The van der Waals surface area contributed by atoms with E-state index in [1.54, 1.807) is 17.5 Å². The predicted molar refractivity (Wildman–Crippen MR) is 98.7 cm³/mol. The minimum Gasteiger partial charge on any atom is -0.339 e. The topological polar surface area (TPSA) is 68.0 Å². The first-order valence-corrected chi connectivity index (χ1v) is 9.53. The van der Waals surface area contributed by atoms with Crippen LogP contribution in [0.1, 0.15) is 47.4 Å². The highest BCUT2D eigenvalue weighted by Crippen LogP contribution is 2.32. The summed E-state index contributed by atoms with van der Waals surface area (Å²) in [5.74, 6) is -0.0794. The molecule has 9 heteroatoms. The van der Waals surface area contributed by atoms with E-state index in [0.717, 1.165) is 18.6 Å². The van der Waals surface area contributed by atoms with Gasteiger partial charge in [0.25, 0.3) is 5.91 Å². The molecule has 28 heavy (non-hydrogen) atoms. The predicted octanol–water partition coefficient (Wildman–Crippen LogP) is 5.33. The van der Waals surface area contributed by atoms with Gasteiger partial charge in [-0.2, -0.15) is 18.2 Å². The zero-order valence-electron chi connectivity index (χ0n) is 15.2. The molecule has 3 rings (SSSR count). The molecule has 0 aliphatic heterocycles. The minimum absolute atomic E-state index is 0.0151. The Morgan fingerprint density at radius 2 is 2.07 bits per heavy atom. The Kier molecular flexibility index (Phi) is 5.83. The van der Waals surface area contributed by atoms with Gasteiger partial charge >= 0.3 is 6.18 Å². The van der Waals surface area contributed by atoms with Crippen LogP contribution in [-0.2, 0) is 6.18 Å². The molecule has 0 saturated heterocycles. The Hall–Kier alpha value is -2.68. The van der Waals surface area contributed by atoms with E-state index >= 15 is 0 Å². The van der Waals surface area contributed by atoms with Crippen molar-refractivity contribution in [2.75, 3.05) is 0 Å². The summed E-state index contributed by atoms with van der Waals surface area (Å²) in [6.07, 6.45) is -3.73. The van der Waals surface area contributed by atoms with Crippen molar-refractivity contribution in [3.05, 3.63) is 58.1 Å². The Balaban J connectivity index is 1.87. The van der Waals surface area contributed by atoms with Crippen molar-refractivity contribution >= 4 is 17.2 Å². The fourth-order valence-corrected chi connectivity index (χ4v) is 3.24. The molecule has 5 nitrogen and oxygen atoms in total. The van der Waals surface area contributed by atoms with Gasteiger partial charge in [0.1, 0.15) is 6.04 Å². The molecule has 1 aromatic carbocycles. The molecule has 2 atom stereocenters. The maximum absolute atomic E-state index is 12.9. The fraction of sp³-hybridized carbons (Fsp3) is 0.316. The van der Waals surface area contributed by atoms with Gasteiger partial charge in [0.05, 0.1) is 10.4 Å². The first kappa shape index (κ1) is 20.1. The Labute approximate surface area is 163 Å². The second-order valence-electron chi connectivity index (χ2n) is 6.35. The molecule has 2 aromatic heterocycles. The second-order valence-corrected chi connectivity index (χ2v) is 7.30. The smallest absolute Gasteiger partial charge is 0.339 e. The summed E-state index contributed by atoms with van der Waals surface area (Å²) in [5.41, 5.74) is -0.599. The number of benzene rings is 1. The number of thiophene rings is 1. The zero-order valence-corrected chi connectivity index (χ0v) is 16.0. The lowest BCUT2D eigenvalue weighted by atomic mass is 9.99. The number of aromatic nitrogens is 2. The Morgan fingerprint density at radius 1 is 1.29 bits per heavy atom. The van der Waals surface area contributed by atoms with Gasteiger partial charge in [0.15, 0.2) is 0 Å². The molecule has 3 aromatic rings. The van der Waals surface area contributed by atoms with Crippen molar-refractivity contribution in [2.24, 2.45) is 5.92 Å². The summed E-state index contributed by atoms with van der Waals surface area (Å²) in [5, 5.41) is 8.49. The van der Waals surface area contributed by atoms with Crippen LogP contribution < -0.4 is 5.32 Å². The number of nitrogens with one attached hydrogen (secondary N) is 1. The van der Waals surface area contributed by atoms with Gasteiger partial charge in [-0.1, -0.05) is 43.6 Å². The first-order valence-electron chi connectivity index (χ1n) is 8.65. The zero-order chi connectivity index (χ0) is 20.3. The molecular formula is C19H18F3N3O2S. The van der Waals surface area contributed by atoms with Crippen LogP contribution in [-0.4, -0.2) is 16.0 Å².